The van der Waals surface area contributed by atoms with E-state index in [-0.39, 0.29) is 11.1 Å². The Bertz CT molecular complexity index is 2220. The smallest absolute Gasteiger partial charge is 0.336 e. The Morgan fingerprint density at radius 2 is 1.13 bits per heavy atom. The summed E-state index contributed by atoms with van der Waals surface area (Å²) in [6.45, 7) is 18.0. The minimum atomic E-state index is -0.971. The minimum Gasteiger partial charge on any atom is -0.478 e. The van der Waals surface area contributed by atoms with E-state index in [0.29, 0.717) is 21.6 Å². The summed E-state index contributed by atoms with van der Waals surface area (Å²) in [5.41, 5.74) is 2.42. The third kappa shape index (κ3) is 7.83. The summed E-state index contributed by atoms with van der Waals surface area (Å²) >= 11 is 2.87. The fourth-order valence-corrected chi connectivity index (χ4v) is 9.65. The maximum absolute atomic E-state index is 12.3. The first-order chi connectivity index (χ1) is 25.1. The molecule has 0 bridgehead atoms. The van der Waals surface area contributed by atoms with E-state index < -0.39 is 11.9 Å². The maximum atomic E-state index is 12.3. The van der Waals surface area contributed by atoms with E-state index >= 15 is 0 Å². The van der Waals surface area contributed by atoms with Crippen LogP contribution in [0.3, 0.4) is 0 Å². The quantitative estimate of drug-likeness (QED) is 0.0838. The molecule has 1 aliphatic rings. The number of nitrogens with one attached hydrogen (secondary N) is 2. The molecule has 8 heteroatoms. The normalized spacial score (nSPS) is 16.0. The molecule has 5 aromatic rings. The van der Waals surface area contributed by atoms with Crippen LogP contribution in [0.2, 0.25) is 0 Å². The second-order valence-electron chi connectivity index (χ2n) is 14.1. The minimum absolute atomic E-state index is 0.248. The first-order valence-corrected chi connectivity index (χ1v) is 20.0. The van der Waals surface area contributed by atoms with E-state index in [4.69, 9.17) is 13.2 Å². The zero-order valence-corrected chi connectivity index (χ0v) is 31.9. The van der Waals surface area contributed by atoms with Crippen LogP contribution in [-0.2, 0) is 0 Å². The molecule has 0 heterocycles. The summed E-state index contributed by atoms with van der Waals surface area (Å²) in [4.78, 5) is 27.6. The maximum Gasteiger partial charge on any atom is 0.336 e. The summed E-state index contributed by atoms with van der Waals surface area (Å²) in [5.74, 6) is -0.0989. The molecular formula is C44H48N2O4S2. The van der Waals surface area contributed by atoms with E-state index in [2.05, 4.69) is 55.7 Å². The Labute approximate surface area is 314 Å². The lowest BCUT2D eigenvalue weighted by atomic mass is 9.83. The second kappa shape index (κ2) is 16.5. The van der Waals surface area contributed by atoms with Gasteiger partial charge in [0.25, 0.3) is 0 Å². The Morgan fingerprint density at radius 1 is 0.673 bits per heavy atom. The van der Waals surface area contributed by atoms with Crippen molar-refractivity contribution in [3.8, 4) is 0 Å². The standard InChI is InChI=1S/C44H48N2O4S2/c1-6-29(7-2)24-45-33-20-22-37(51-35-14-10-8-12-31(35)43(47)48)41-28(5)40-34(46-25-30-18-16-26(3)17-19-30)21-23-38(42(40)27(4)39(33)41)52-36-15-11-9-13-32(36)44(49)50/h8-15,20-23,26,29-30,45-46H,4-7,16-19,24-25H2,1-3H3,(H,47,48)(H,49,50). The second-order valence-corrected chi connectivity index (χ2v) is 16.2. The van der Waals surface area contributed by atoms with Crippen LogP contribution < -0.4 is 21.1 Å². The van der Waals surface area contributed by atoms with Crippen LogP contribution in [0, 0.1) is 17.8 Å². The van der Waals surface area contributed by atoms with Gasteiger partial charge in [-0.1, -0.05) is 107 Å². The summed E-state index contributed by atoms with van der Waals surface area (Å²) in [6.07, 6.45) is 6.99. The lowest BCUT2D eigenvalue weighted by molar-refractivity contribution is 0.0682. The zero-order valence-electron chi connectivity index (χ0n) is 30.3. The Kier molecular flexibility index (Phi) is 11.9. The molecule has 0 unspecified atom stereocenters. The molecular weight excluding hydrogens is 685 g/mol. The van der Waals surface area contributed by atoms with Crippen LogP contribution >= 0.6 is 23.5 Å². The monoisotopic (exact) mass is 732 g/mol. The van der Waals surface area contributed by atoms with Gasteiger partial charge in [-0.05, 0) is 89.6 Å². The van der Waals surface area contributed by atoms with Crippen LogP contribution in [0.4, 0.5) is 11.4 Å². The number of carboxylic acid groups (broad SMARTS) is 2. The molecule has 4 N–H and O–H groups in total. The van der Waals surface area contributed by atoms with Gasteiger partial charge in [0.15, 0.2) is 0 Å². The Morgan fingerprint density at radius 3 is 1.60 bits per heavy atom. The summed E-state index contributed by atoms with van der Waals surface area (Å²) in [5, 5.41) is 33.1. The molecule has 0 aromatic heterocycles. The van der Waals surface area contributed by atoms with Gasteiger partial charge >= 0.3 is 11.9 Å². The lowest BCUT2D eigenvalue weighted by Gasteiger charge is -2.27. The number of hydrogen-bond acceptors (Lipinski definition) is 6. The summed E-state index contributed by atoms with van der Waals surface area (Å²) in [7, 11) is 0. The molecule has 1 saturated carbocycles. The number of rotatable bonds is 14. The van der Waals surface area contributed by atoms with Gasteiger partial charge in [-0.15, -0.1) is 0 Å². The topological polar surface area (TPSA) is 98.7 Å². The SMILES string of the molecule is C=c1c2c(NCC3CCC(C)CC3)ccc(Sc3ccccc3C(=O)O)c2c(=C)c2c(NCC(CC)CC)ccc(Sc3ccccc3C(=O)O)c12. The molecule has 0 radical (unpaired) electrons. The van der Waals surface area contributed by atoms with Crippen molar-refractivity contribution in [2.75, 3.05) is 23.7 Å². The van der Waals surface area contributed by atoms with Crippen molar-refractivity contribution < 1.29 is 19.8 Å². The van der Waals surface area contributed by atoms with Crippen LogP contribution in [0.5, 0.6) is 0 Å². The van der Waals surface area contributed by atoms with Gasteiger partial charge in [0.05, 0.1) is 11.1 Å². The molecule has 6 rings (SSSR count). The van der Waals surface area contributed by atoms with Gasteiger partial charge in [-0.3, -0.25) is 0 Å². The number of anilines is 2. The van der Waals surface area contributed by atoms with Gasteiger partial charge in [0.2, 0.25) is 0 Å². The van der Waals surface area contributed by atoms with Crippen molar-refractivity contribution in [1.82, 2.24) is 0 Å². The number of benzene rings is 5. The van der Waals surface area contributed by atoms with E-state index in [9.17, 15) is 19.8 Å². The first-order valence-electron chi connectivity index (χ1n) is 18.3. The van der Waals surface area contributed by atoms with Gasteiger partial charge in [-0.2, -0.15) is 0 Å². The third-order valence-electron chi connectivity index (χ3n) is 10.7. The largest absolute Gasteiger partial charge is 0.478 e. The summed E-state index contributed by atoms with van der Waals surface area (Å²) in [6, 6.07) is 22.5. The number of aromatic carboxylic acids is 2. The molecule has 6 nitrogen and oxygen atoms in total. The molecule has 0 amide bonds. The van der Waals surface area contributed by atoms with Crippen LogP contribution in [0.15, 0.2) is 92.4 Å². The van der Waals surface area contributed by atoms with Crippen LogP contribution in [0.25, 0.3) is 34.7 Å². The number of hydrogen-bond donors (Lipinski definition) is 4. The van der Waals surface area contributed by atoms with Crippen molar-refractivity contribution in [3.05, 3.63) is 94.4 Å². The number of carboxylic acids is 2. The van der Waals surface area contributed by atoms with Gasteiger partial charge in [0.1, 0.15) is 0 Å². The highest BCUT2D eigenvalue weighted by Gasteiger charge is 2.22. The summed E-state index contributed by atoms with van der Waals surface area (Å²) < 4.78 is 0. The zero-order chi connectivity index (χ0) is 36.9. The highest BCUT2D eigenvalue weighted by Crippen LogP contribution is 2.41. The highest BCUT2D eigenvalue weighted by atomic mass is 32.2. The lowest BCUT2D eigenvalue weighted by Crippen LogP contribution is -2.22. The molecule has 0 aliphatic heterocycles. The van der Waals surface area contributed by atoms with E-state index in [1.807, 2.05) is 24.3 Å². The van der Waals surface area contributed by atoms with Crippen LogP contribution in [0.1, 0.15) is 80.0 Å². The Hall–Kier alpha value is -4.40. The van der Waals surface area contributed by atoms with Crippen molar-refractivity contribution in [2.24, 2.45) is 17.8 Å². The predicted molar refractivity (Wildman–Crippen MR) is 219 cm³/mol. The molecule has 5 aromatic carbocycles. The van der Waals surface area contributed by atoms with E-state index in [0.717, 1.165) is 85.0 Å². The highest BCUT2D eigenvalue weighted by molar-refractivity contribution is 8.00. The molecule has 0 saturated heterocycles. The molecule has 0 atom stereocenters. The molecule has 270 valence electrons. The predicted octanol–water partition coefficient (Wildman–Crippen LogP) is 10.6. The van der Waals surface area contributed by atoms with Crippen molar-refractivity contribution >= 4 is 81.5 Å². The van der Waals surface area contributed by atoms with Crippen molar-refractivity contribution in [2.45, 2.75) is 78.9 Å². The van der Waals surface area contributed by atoms with Gasteiger partial charge in [0, 0.05) is 65.6 Å². The van der Waals surface area contributed by atoms with Gasteiger partial charge in [-0.25, -0.2) is 9.59 Å². The molecule has 52 heavy (non-hydrogen) atoms. The number of fused-ring (bicyclic) bond motifs is 2. The fourth-order valence-electron chi connectivity index (χ4n) is 7.43. The number of carbonyl (C=O) groups is 2. The van der Waals surface area contributed by atoms with Crippen molar-refractivity contribution in [3.63, 3.8) is 0 Å². The molecule has 0 spiro atoms. The average molecular weight is 733 g/mol. The molecule has 1 fully saturated rings. The fraction of sp³-hybridized carbons (Fsp3) is 0.318. The first kappa shape index (κ1) is 37.4. The third-order valence-corrected chi connectivity index (χ3v) is 12.9. The van der Waals surface area contributed by atoms with E-state index in [1.165, 1.54) is 49.2 Å². The van der Waals surface area contributed by atoms with E-state index in [1.54, 1.807) is 24.3 Å². The van der Waals surface area contributed by atoms with Gasteiger partial charge < -0.3 is 20.8 Å². The Balaban J connectivity index is 1.61. The van der Waals surface area contributed by atoms with Crippen molar-refractivity contribution in [1.29, 1.82) is 0 Å². The van der Waals surface area contributed by atoms with Crippen LogP contribution in [-0.4, -0.2) is 35.2 Å². The average Bonchev–Trinajstić information content (AvgIpc) is 3.14. The molecule has 1 aliphatic carbocycles.